The number of halogens is 3. The average molecular weight is 310 g/mol. The Morgan fingerprint density at radius 2 is 1.95 bits per heavy atom. The zero-order valence-electron chi connectivity index (χ0n) is 10.2. The molecule has 3 rings (SSSR count). The number of fused-ring (bicyclic) bond motifs is 1. The van der Waals surface area contributed by atoms with Crippen LogP contribution in [-0.2, 0) is 0 Å². The first-order valence-corrected chi connectivity index (χ1v) is 6.65. The molecule has 2 heterocycles. The maximum Gasteiger partial charge on any atom is 0.143 e. The fourth-order valence-electron chi connectivity index (χ4n) is 2.18. The molecule has 1 aromatic carbocycles. The van der Waals surface area contributed by atoms with Gasteiger partial charge in [0.2, 0.25) is 0 Å². The Hall–Kier alpha value is -1.62. The Labute approximate surface area is 124 Å². The topological polar surface area (TPSA) is 43.3 Å². The third-order valence-electron chi connectivity index (χ3n) is 3.15. The first kappa shape index (κ1) is 13.4. The van der Waals surface area contributed by atoms with Gasteiger partial charge in [-0.05, 0) is 29.8 Å². The smallest absolute Gasteiger partial charge is 0.143 e. The Bertz CT molecular complexity index is 785. The largest absolute Gasteiger partial charge is 0.320 e. The number of nitrogens with zero attached hydrogens (tertiary/aromatic N) is 2. The van der Waals surface area contributed by atoms with Gasteiger partial charge in [-0.3, -0.25) is 0 Å². The summed E-state index contributed by atoms with van der Waals surface area (Å²) >= 11 is 12.3. The Morgan fingerprint density at radius 3 is 2.75 bits per heavy atom. The summed E-state index contributed by atoms with van der Waals surface area (Å²) in [5.74, 6) is -0.397. The molecular formula is C14H10Cl2FN3. The number of aromatic nitrogens is 2. The third-order valence-corrected chi connectivity index (χ3v) is 3.83. The van der Waals surface area contributed by atoms with Gasteiger partial charge in [0, 0.05) is 29.2 Å². The minimum Gasteiger partial charge on any atom is -0.320 e. The molecular weight excluding hydrogens is 300 g/mol. The summed E-state index contributed by atoms with van der Waals surface area (Å²) in [6.45, 7) is 0. The van der Waals surface area contributed by atoms with Crippen LogP contribution < -0.4 is 5.73 Å². The molecule has 2 N–H and O–H groups in total. The van der Waals surface area contributed by atoms with E-state index in [1.54, 1.807) is 29.1 Å². The van der Waals surface area contributed by atoms with E-state index in [0.29, 0.717) is 26.8 Å². The molecule has 0 aliphatic heterocycles. The monoisotopic (exact) mass is 309 g/mol. The summed E-state index contributed by atoms with van der Waals surface area (Å²) in [4.78, 5) is 4.24. The summed E-state index contributed by atoms with van der Waals surface area (Å²) in [5, 5.41) is 0.861. The van der Waals surface area contributed by atoms with Gasteiger partial charge in [-0.1, -0.05) is 23.2 Å². The zero-order valence-corrected chi connectivity index (χ0v) is 11.7. The number of rotatable bonds is 2. The van der Waals surface area contributed by atoms with E-state index in [9.17, 15) is 4.39 Å². The molecule has 0 aliphatic rings. The molecule has 102 valence electrons. The van der Waals surface area contributed by atoms with Crippen LogP contribution in [0.1, 0.15) is 17.2 Å². The first-order valence-electron chi connectivity index (χ1n) is 5.89. The van der Waals surface area contributed by atoms with Gasteiger partial charge in [-0.25, -0.2) is 9.37 Å². The van der Waals surface area contributed by atoms with Gasteiger partial charge in [0.1, 0.15) is 11.5 Å². The number of imidazole rings is 1. The summed E-state index contributed by atoms with van der Waals surface area (Å²) in [5.41, 5.74) is 7.95. The number of nitrogens with two attached hydrogens (primary N) is 1. The molecule has 3 nitrogen and oxygen atoms in total. The van der Waals surface area contributed by atoms with E-state index in [4.69, 9.17) is 28.9 Å². The van der Waals surface area contributed by atoms with Crippen LogP contribution >= 0.6 is 23.2 Å². The molecule has 20 heavy (non-hydrogen) atoms. The number of hydrogen-bond donors (Lipinski definition) is 1. The Morgan fingerprint density at radius 1 is 1.15 bits per heavy atom. The molecule has 1 atom stereocenters. The van der Waals surface area contributed by atoms with E-state index in [2.05, 4.69) is 4.98 Å². The molecule has 2 aromatic heterocycles. The van der Waals surface area contributed by atoms with Gasteiger partial charge in [0.25, 0.3) is 0 Å². The molecule has 0 bridgehead atoms. The lowest BCUT2D eigenvalue weighted by Crippen LogP contribution is -2.15. The lowest BCUT2D eigenvalue weighted by atomic mass is 10.00. The molecule has 0 saturated carbocycles. The second kappa shape index (κ2) is 5.05. The second-order valence-electron chi connectivity index (χ2n) is 4.38. The van der Waals surface area contributed by atoms with Crippen LogP contribution in [0.15, 0.2) is 42.9 Å². The quantitative estimate of drug-likeness (QED) is 0.782. The van der Waals surface area contributed by atoms with Gasteiger partial charge in [-0.15, -0.1) is 0 Å². The Balaban J connectivity index is 2.22. The minimum absolute atomic E-state index is 0.392. The maximum absolute atomic E-state index is 13.4. The summed E-state index contributed by atoms with van der Waals surface area (Å²) in [6, 6.07) is 5.15. The molecule has 0 aliphatic carbocycles. The van der Waals surface area contributed by atoms with Crippen LogP contribution in [0.5, 0.6) is 0 Å². The Kier molecular flexibility index (Phi) is 3.38. The standard InChI is InChI=1S/C14H10Cl2FN3/c15-10-2-1-8(17)7-9(10)13(18)12-11(16)3-5-20-6-4-19-14(12)20/h1-7,13H,18H2. The lowest BCUT2D eigenvalue weighted by molar-refractivity contribution is 0.623. The van der Waals surface area contributed by atoms with E-state index in [-0.39, 0.29) is 0 Å². The molecule has 0 spiro atoms. The number of benzene rings is 1. The highest BCUT2D eigenvalue weighted by Gasteiger charge is 2.20. The second-order valence-corrected chi connectivity index (χ2v) is 5.19. The van der Waals surface area contributed by atoms with Crippen LogP contribution in [0, 0.1) is 5.82 Å². The van der Waals surface area contributed by atoms with E-state index in [1.165, 1.54) is 18.2 Å². The van der Waals surface area contributed by atoms with Crippen molar-refractivity contribution in [1.29, 1.82) is 0 Å². The van der Waals surface area contributed by atoms with Crippen molar-refractivity contribution in [2.75, 3.05) is 0 Å². The molecule has 0 fully saturated rings. The van der Waals surface area contributed by atoms with Crippen molar-refractivity contribution in [2.45, 2.75) is 6.04 Å². The molecule has 0 saturated heterocycles. The highest BCUT2D eigenvalue weighted by molar-refractivity contribution is 6.32. The van der Waals surface area contributed by atoms with Crippen LogP contribution in [0.3, 0.4) is 0 Å². The van der Waals surface area contributed by atoms with Crippen molar-refractivity contribution in [1.82, 2.24) is 9.38 Å². The SMILES string of the molecule is NC(c1cc(F)ccc1Cl)c1c(Cl)ccn2ccnc12. The third kappa shape index (κ3) is 2.16. The summed E-state index contributed by atoms with van der Waals surface area (Å²) in [6.07, 6.45) is 5.22. The van der Waals surface area contributed by atoms with Gasteiger partial charge in [0.15, 0.2) is 0 Å². The van der Waals surface area contributed by atoms with Crippen LogP contribution in [-0.4, -0.2) is 9.38 Å². The minimum atomic E-state index is -0.656. The normalized spacial score (nSPS) is 12.8. The van der Waals surface area contributed by atoms with E-state index in [1.807, 2.05) is 0 Å². The van der Waals surface area contributed by atoms with Crippen molar-refractivity contribution in [3.63, 3.8) is 0 Å². The predicted molar refractivity (Wildman–Crippen MR) is 77.6 cm³/mol. The first-order chi connectivity index (χ1) is 9.58. The van der Waals surface area contributed by atoms with Gasteiger partial charge >= 0.3 is 0 Å². The molecule has 0 radical (unpaired) electrons. The summed E-state index contributed by atoms with van der Waals surface area (Å²) in [7, 11) is 0. The lowest BCUT2D eigenvalue weighted by Gasteiger charge is -2.16. The highest BCUT2D eigenvalue weighted by Crippen LogP contribution is 2.33. The molecule has 3 aromatic rings. The predicted octanol–water partition coefficient (Wildman–Crippen LogP) is 3.83. The number of pyridine rings is 1. The van der Waals surface area contributed by atoms with Gasteiger partial charge in [-0.2, -0.15) is 0 Å². The molecule has 0 amide bonds. The fraction of sp³-hybridized carbons (Fsp3) is 0.0714. The van der Waals surface area contributed by atoms with Gasteiger partial charge < -0.3 is 10.1 Å². The van der Waals surface area contributed by atoms with E-state index < -0.39 is 11.9 Å². The van der Waals surface area contributed by atoms with Crippen molar-refractivity contribution in [3.05, 3.63) is 69.8 Å². The van der Waals surface area contributed by atoms with Crippen molar-refractivity contribution < 1.29 is 4.39 Å². The van der Waals surface area contributed by atoms with E-state index >= 15 is 0 Å². The van der Waals surface area contributed by atoms with Crippen molar-refractivity contribution in [2.24, 2.45) is 5.73 Å². The zero-order chi connectivity index (χ0) is 14.3. The highest BCUT2D eigenvalue weighted by atomic mass is 35.5. The fourth-order valence-corrected chi connectivity index (χ4v) is 2.67. The van der Waals surface area contributed by atoms with Crippen LogP contribution in [0.25, 0.3) is 5.65 Å². The van der Waals surface area contributed by atoms with E-state index in [0.717, 1.165) is 0 Å². The average Bonchev–Trinajstić information content (AvgIpc) is 2.89. The van der Waals surface area contributed by atoms with Crippen molar-refractivity contribution >= 4 is 28.8 Å². The molecule has 6 heteroatoms. The van der Waals surface area contributed by atoms with Crippen molar-refractivity contribution in [3.8, 4) is 0 Å². The van der Waals surface area contributed by atoms with Crippen LogP contribution in [0.2, 0.25) is 10.0 Å². The number of hydrogen-bond acceptors (Lipinski definition) is 2. The summed E-state index contributed by atoms with van der Waals surface area (Å²) < 4.78 is 15.2. The molecule has 1 unspecified atom stereocenters. The van der Waals surface area contributed by atoms with Crippen LogP contribution in [0.4, 0.5) is 4.39 Å². The van der Waals surface area contributed by atoms with Gasteiger partial charge in [0.05, 0.1) is 11.1 Å². The maximum atomic E-state index is 13.4.